The topological polar surface area (TPSA) is 66.4 Å². The minimum atomic E-state index is 0.617. The molecule has 1 aromatic carbocycles. The molecule has 1 saturated heterocycles. The van der Waals surface area contributed by atoms with Gasteiger partial charge in [-0.05, 0) is 44.2 Å². The van der Waals surface area contributed by atoms with Crippen LogP contribution in [0.5, 0.6) is 5.75 Å². The second-order valence-corrected chi connectivity index (χ2v) is 7.57. The molecule has 0 unspecified atom stereocenters. The fourth-order valence-electron chi connectivity index (χ4n) is 4.06. The lowest BCUT2D eigenvalue weighted by Crippen LogP contribution is -2.47. The largest absolute Gasteiger partial charge is 0.495 e. The van der Waals surface area contributed by atoms with Gasteiger partial charge in [-0.3, -0.25) is 0 Å². The van der Waals surface area contributed by atoms with Crippen LogP contribution in [0, 0.1) is 0 Å². The van der Waals surface area contributed by atoms with Crippen LogP contribution >= 0.6 is 0 Å². The summed E-state index contributed by atoms with van der Waals surface area (Å²) in [6, 6.07) is 8.19. The van der Waals surface area contributed by atoms with E-state index in [0.717, 1.165) is 56.4 Å². The van der Waals surface area contributed by atoms with E-state index in [1.165, 1.54) is 25.7 Å². The molecule has 0 bridgehead atoms. The summed E-state index contributed by atoms with van der Waals surface area (Å²) in [6.45, 7) is 4.48. The summed E-state index contributed by atoms with van der Waals surface area (Å²) >= 11 is 0. The number of allylic oxidation sites excluding steroid dienone is 1. The maximum Gasteiger partial charge on any atom is 0.244 e. The average Bonchev–Trinajstić information content (AvgIpc) is 2.80. The smallest absolute Gasteiger partial charge is 0.244 e. The SMILES string of the molecule is COc1ccccc1N1CCN(c2cnnc(NCCC3=CCCCC3)n2)CC1. The molecule has 0 saturated carbocycles. The van der Waals surface area contributed by atoms with Gasteiger partial charge in [0.25, 0.3) is 0 Å². The van der Waals surface area contributed by atoms with Gasteiger partial charge in [-0.25, -0.2) is 0 Å². The Labute approximate surface area is 172 Å². The van der Waals surface area contributed by atoms with Crippen molar-refractivity contribution in [2.45, 2.75) is 32.1 Å². The van der Waals surface area contributed by atoms with Crippen molar-refractivity contribution in [3.63, 3.8) is 0 Å². The Morgan fingerprint density at radius 3 is 2.69 bits per heavy atom. The number of ether oxygens (including phenoxy) is 1. The van der Waals surface area contributed by atoms with Crippen LogP contribution in [0.25, 0.3) is 0 Å². The van der Waals surface area contributed by atoms with Gasteiger partial charge >= 0.3 is 0 Å². The average molecular weight is 395 g/mol. The van der Waals surface area contributed by atoms with Crippen LogP contribution in [-0.2, 0) is 0 Å². The number of para-hydroxylation sites is 2. The molecule has 29 heavy (non-hydrogen) atoms. The van der Waals surface area contributed by atoms with Crippen molar-refractivity contribution >= 4 is 17.5 Å². The Kier molecular flexibility index (Phi) is 6.44. The van der Waals surface area contributed by atoms with Gasteiger partial charge in [-0.15, -0.1) is 5.10 Å². The molecule has 0 spiro atoms. The first kappa shape index (κ1) is 19.5. The number of aromatic nitrogens is 3. The molecule has 1 N–H and O–H groups in total. The molecule has 2 aliphatic rings. The molecule has 1 fully saturated rings. The lowest BCUT2D eigenvalue weighted by atomic mass is 9.97. The quantitative estimate of drug-likeness (QED) is 0.721. The first-order chi connectivity index (χ1) is 14.3. The molecular formula is C22H30N6O. The van der Waals surface area contributed by atoms with E-state index in [1.807, 2.05) is 12.1 Å². The van der Waals surface area contributed by atoms with Crippen molar-refractivity contribution in [3.8, 4) is 5.75 Å². The summed E-state index contributed by atoms with van der Waals surface area (Å²) in [6.07, 6.45) is 10.3. The van der Waals surface area contributed by atoms with Crippen LogP contribution in [0.3, 0.4) is 0 Å². The van der Waals surface area contributed by atoms with E-state index in [2.05, 4.69) is 48.5 Å². The standard InChI is InChI=1S/C22H30N6O/c1-29-20-10-6-5-9-19(20)27-13-15-28(16-14-27)21-17-24-26-22(25-21)23-12-11-18-7-3-2-4-8-18/h5-7,9-10,17H,2-4,8,11-16H2,1H3,(H,23,25,26). The number of hydrogen-bond donors (Lipinski definition) is 1. The highest BCUT2D eigenvalue weighted by atomic mass is 16.5. The predicted octanol–water partition coefficient (Wildman–Crippen LogP) is 3.51. The molecule has 7 nitrogen and oxygen atoms in total. The van der Waals surface area contributed by atoms with Crippen molar-refractivity contribution in [2.75, 3.05) is 55.0 Å². The Hall–Kier alpha value is -2.83. The second kappa shape index (κ2) is 9.58. The second-order valence-electron chi connectivity index (χ2n) is 7.57. The molecule has 0 radical (unpaired) electrons. The summed E-state index contributed by atoms with van der Waals surface area (Å²) in [5.74, 6) is 2.43. The number of hydrogen-bond acceptors (Lipinski definition) is 7. The van der Waals surface area contributed by atoms with E-state index < -0.39 is 0 Å². The van der Waals surface area contributed by atoms with Crippen LogP contribution < -0.4 is 19.9 Å². The summed E-state index contributed by atoms with van der Waals surface area (Å²) < 4.78 is 5.51. The third-order valence-electron chi connectivity index (χ3n) is 5.69. The van der Waals surface area contributed by atoms with Crippen LogP contribution in [0.1, 0.15) is 32.1 Å². The molecule has 2 heterocycles. The number of anilines is 3. The maximum atomic E-state index is 5.51. The first-order valence-corrected chi connectivity index (χ1v) is 10.6. The molecular weight excluding hydrogens is 364 g/mol. The van der Waals surface area contributed by atoms with Gasteiger partial charge in [0.1, 0.15) is 5.75 Å². The van der Waals surface area contributed by atoms with E-state index in [0.29, 0.717) is 5.95 Å². The van der Waals surface area contributed by atoms with Crippen molar-refractivity contribution in [3.05, 3.63) is 42.1 Å². The summed E-state index contributed by atoms with van der Waals surface area (Å²) in [5.41, 5.74) is 2.70. The van der Waals surface area contributed by atoms with Gasteiger partial charge in [-0.1, -0.05) is 23.8 Å². The van der Waals surface area contributed by atoms with Crippen LogP contribution in [0.15, 0.2) is 42.1 Å². The molecule has 7 heteroatoms. The summed E-state index contributed by atoms with van der Waals surface area (Å²) in [4.78, 5) is 9.32. The van der Waals surface area contributed by atoms with Gasteiger partial charge in [0.2, 0.25) is 5.95 Å². The zero-order valence-corrected chi connectivity index (χ0v) is 17.2. The minimum absolute atomic E-state index is 0.617. The van der Waals surface area contributed by atoms with Crippen LogP contribution in [0.4, 0.5) is 17.5 Å². The maximum absolute atomic E-state index is 5.51. The Morgan fingerprint density at radius 2 is 1.90 bits per heavy atom. The fraction of sp³-hybridized carbons (Fsp3) is 0.500. The minimum Gasteiger partial charge on any atom is -0.495 e. The van der Waals surface area contributed by atoms with E-state index >= 15 is 0 Å². The van der Waals surface area contributed by atoms with E-state index in [9.17, 15) is 0 Å². The third-order valence-corrected chi connectivity index (χ3v) is 5.69. The first-order valence-electron chi connectivity index (χ1n) is 10.6. The van der Waals surface area contributed by atoms with Crippen molar-refractivity contribution in [1.29, 1.82) is 0 Å². The normalized spacial score (nSPS) is 17.1. The highest BCUT2D eigenvalue weighted by Crippen LogP contribution is 2.29. The molecule has 2 aromatic rings. The van der Waals surface area contributed by atoms with Gasteiger partial charge in [-0.2, -0.15) is 10.1 Å². The number of piperazine rings is 1. The number of rotatable bonds is 7. The van der Waals surface area contributed by atoms with Crippen LogP contribution in [-0.4, -0.2) is 55.0 Å². The van der Waals surface area contributed by atoms with Gasteiger partial charge < -0.3 is 19.9 Å². The van der Waals surface area contributed by atoms with E-state index in [4.69, 9.17) is 4.74 Å². The van der Waals surface area contributed by atoms with Gasteiger partial charge in [0.15, 0.2) is 5.82 Å². The van der Waals surface area contributed by atoms with E-state index in [1.54, 1.807) is 18.9 Å². The lowest BCUT2D eigenvalue weighted by Gasteiger charge is -2.37. The molecule has 4 rings (SSSR count). The lowest BCUT2D eigenvalue weighted by molar-refractivity contribution is 0.413. The monoisotopic (exact) mass is 394 g/mol. The summed E-state index contributed by atoms with van der Waals surface area (Å²) in [7, 11) is 1.72. The Morgan fingerprint density at radius 1 is 1.07 bits per heavy atom. The van der Waals surface area contributed by atoms with Gasteiger partial charge in [0.05, 0.1) is 19.0 Å². The number of nitrogens with one attached hydrogen (secondary N) is 1. The molecule has 0 amide bonds. The molecule has 1 aliphatic carbocycles. The fourth-order valence-corrected chi connectivity index (χ4v) is 4.06. The molecule has 1 aromatic heterocycles. The number of benzene rings is 1. The zero-order chi connectivity index (χ0) is 19.9. The number of nitrogens with zero attached hydrogens (tertiary/aromatic N) is 5. The van der Waals surface area contributed by atoms with Crippen molar-refractivity contribution in [2.24, 2.45) is 0 Å². The summed E-state index contributed by atoms with van der Waals surface area (Å²) in [5, 5.41) is 11.7. The van der Waals surface area contributed by atoms with Gasteiger partial charge in [0, 0.05) is 32.7 Å². The van der Waals surface area contributed by atoms with E-state index in [-0.39, 0.29) is 0 Å². The Balaban J connectivity index is 1.31. The Bertz CT molecular complexity index is 832. The highest BCUT2D eigenvalue weighted by molar-refractivity contribution is 5.59. The van der Waals surface area contributed by atoms with Crippen molar-refractivity contribution in [1.82, 2.24) is 15.2 Å². The molecule has 0 atom stereocenters. The molecule has 154 valence electrons. The predicted molar refractivity (Wildman–Crippen MR) is 117 cm³/mol. The van der Waals surface area contributed by atoms with Crippen LogP contribution in [0.2, 0.25) is 0 Å². The number of methoxy groups -OCH3 is 1. The molecule has 1 aliphatic heterocycles. The third kappa shape index (κ3) is 4.96. The highest BCUT2D eigenvalue weighted by Gasteiger charge is 2.21. The van der Waals surface area contributed by atoms with Crippen molar-refractivity contribution < 1.29 is 4.74 Å². The zero-order valence-electron chi connectivity index (χ0n) is 17.2.